The van der Waals surface area contributed by atoms with Crippen LogP contribution in [0.15, 0.2) is 16.9 Å². The van der Waals surface area contributed by atoms with Gasteiger partial charge in [0.05, 0.1) is 10.9 Å². The number of halogens is 1. The minimum atomic E-state index is -0.214. The highest BCUT2D eigenvalue weighted by atomic mass is 35.5. The Balaban J connectivity index is 3.10. The van der Waals surface area contributed by atoms with E-state index in [0.717, 1.165) is 11.1 Å². The molecule has 0 saturated heterocycles. The number of hydrogen-bond donors (Lipinski definition) is 2. The Labute approximate surface area is 89.7 Å². The number of aryl methyl sites for hydroxylation is 1. The minimum absolute atomic E-state index is 0.214. The van der Waals surface area contributed by atoms with E-state index < -0.39 is 0 Å². The molecule has 2 N–H and O–H groups in total. The van der Waals surface area contributed by atoms with Crippen LogP contribution in [-0.4, -0.2) is 9.97 Å². The normalized spacial score (nSPS) is 10.7. The van der Waals surface area contributed by atoms with E-state index in [1.54, 1.807) is 12.1 Å². The molecule has 2 aromatic rings. The molecule has 14 heavy (non-hydrogen) atoms. The van der Waals surface area contributed by atoms with E-state index in [4.69, 9.17) is 23.8 Å². The summed E-state index contributed by atoms with van der Waals surface area (Å²) in [6.45, 7) is 1.87. The lowest BCUT2D eigenvalue weighted by Crippen LogP contribution is -2.08. The molecule has 2 rings (SSSR count). The summed E-state index contributed by atoms with van der Waals surface area (Å²) in [5, 5.41) is 1.08. The van der Waals surface area contributed by atoms with Crippen molar-refractivity contribution < 1.29 is 0 Å². The lowest BCUT2D eigenvalue weighted by Gasteiger charge is -2.01. The first-order valence-corrected chi connectivity index (χ1v) is 4.79. The van der Waals surface area contributed by atoms with Gasteiger partial charge in [0.2, 0.25) is 0 Å². The van der Waals surface area contributed by atoms with Crippen LogP contribution < -0.4 is 5.56 Å². The third-order valence-corrected chi connectivity index (χ3v) is 2.43. The molecule has 0 fully saturated rings. The van der Waals surface area contributed by atoms with E-state index in [2.05, 4.69) is 9.97 Å². The summed E-state index contributed by atoms with van der Waals surface area (Å²) in [4.78, 5) is 16.9. The van der Waals surface area contributed by atoms with Crippen LogP contribution in [0.2, 0.25) is 5.02 Å². The van der Waals surface area contributed by atoms with Crippen LogP contribution in [0.4, 0.5) is 0 Å². The fourth-order valence-electron chi connectivity index (χ4n) is 1.40. The van der Waals surface area contributed by atoms with E-state index in [9.17, 15) is 4.79 Å². The molecular formula is C9H7ClN2OS. The van der Waals surface area contributed by atoms with Crippen molar-refractivity contribution >= 4 is 34.7 Å². The van der Waals surface area contributed by atoms with Crippen LogP contribution in [0.25, 0.3) is 10.9 Å². The van der Waals surface area contributed by atoms with Gasteiger partial charge in [-0.25, -0.2) is 0 Å². The minimum Gasteiger partial charge on any atom is -0.332 e. The molecule has 0 unspecified atom stereocenters. The third kappa shape index (κ3) is 1.47. The molecule has 0 aliphatic carbocycles. The standard InChI is InChI=1S/C9H7ClN2OS/c1-4-2-5(10)3-6-7(4)11-9(14)12-8(6)13/h2-3H,1H3,(H2,11,12,13,14). The molecule has 0 atom stereocenters. The summed E-state index contributed by atoms with van der Waals surface area (Å²) in [5.74, 6) is 0. The maximum atomic E-state index is 11.5. The lowest BCUT2D eigenvalue weighted by molar-refractivity contribution is 1.13. The molecule has 0 bridgehead atoms. The van der Waals surface area contributed by atoms with E-state index >= 15 is 0 Å². The predicted molar refractivity (Wildman–Crippen MR) is 59.5 cm³/mol. The number of aromatic nitrogens is 2. The summed E-state index contributed by atoms with van der Waals surface area (Å²) in [7, 11) is 0. The summed E-state index contributed by atoms with van der Waals surface area (Å²) < 4.78 is 0.327. The summed E-state index contributed by atoms with van der Waals surface area (Å²) in [6, 6.07) is 3.41. The number of rotatable bonds is 0. The Bertz CT molecular complexity index is 614. The smallest absolute Gasteiger partial charge is 0.259 e. The number of fused-ring (bicyclic) bond motifs is 1. The fourth-order valence-corrected chi connectivity index (χ4v) is 1.87. The predicted octanol–water partition coefficient (Wildman–Crippen LogP) is 2.55. The summed E-state index contributed by atoms with van der Waals surface area (Å²) in [5.41, 5.74) is 1.43. The molecule has 0 aliphatic rings. The second-order valence-corrected chi connectivity index (χ2v) is 3.90. The highest BCUT2D eigenvalue weighted by Crippen LogP contribution is 2.18. The van der Waals surface area contributed by atoms with Gasteiger partial charge in [0, 0.05) is 5.02 Å². The van der Waals surface area contributed by atoms with Crippen molar-refractivity contribution in [2.45, 2.75) is 6.92 Å². The second-order valence-electron chi connectivity index (χ2n) is 3.05. The summed E-state index contributed by atoms with van der Waals surface area (Å²) >= 11 is 10.7. The van der Waals surface area contributed by atoms with Gasteiger partial charge >= 0.3 is 0 Å². The highest BCUT2D eigenvalue weighted by Gasteiger charge is 2.03. The summed E-state index contributed by atoms with van der Waals surface area (Å²) in [6.07, 6.45) is 0. The zero-order valence-electron chi connectivity index (χ0n) is 7.35. The van der Waals surface area contributed by atoms with E-state index in [1.807, 2.05) is 6.92 Å². The number of benzene rings is 1. The van der Waals surface area contributed by atoms with Crippen LogP contribution >= 0.6 is 23.8 Å². The lowest BCUT2D eigenvalue weighted by atomic mass is 10.1. The van der Waals surface area contributed by atoms with Crippen molar-refractivity contribution in [3.63, 3.8) is 0 Å². The van der Waals surface area contributed by atoms with Crippen molar-refractivity contribution in [3.05, 3.63) is 37.8 Å². The van der Waals surface area contributed by atoms with Crippen LogP contribution in [0.3, 0.4) is 0 Å². The Hall–Kier alpha value is -1.13. The molecule has 0 saturated carbocycles. The molecule has 5 heteroatoms. The molecule has 1 heterocycles. The van der Waals surface area contributed by atoms with Gasteiger partial charge in [-0.1, -0.05) is 11.6 Å². The topological polar surface area (TPSA) is 48.6 Å². The van der Waals surface area contributed by atoms with Gasteiger partial charge < -0.3 is 4.98 Å². The zero-order valence-corrected chi connectivity index (χ0v) is 8.92. The van der Waals surface area contributed by atoms with Crippen LogP contribution in [-0.2, 0) is 0 Å². The maximum Gasteiger partial charge on any atom is 0.259 e. The van der Waals surface area contributed by atoms with Crippen LogP contribution in [0, 0.1) is 11.7 Å². The average Bonchev–Trinajstić information content (AvgIpc) is 2.07. The Morgan fingerprint density at radius 3 is 2.79 bits per heavy atom. The monoisotopic (exact) mass is 226 g/mol. The van der Waals surface area contributed by atoms with Crippen molar-refractivity contribution in [1.29, 1.82) is 0 Å². The Morgan fingerprint density at radius 2 is 2.07 bits per heavy atom. The zero-order chi connectivity index (χ0) is 10.3. The maximum absolute atomic E-state index is 11.5. The third-order valence-electron chi connectivity index (χ3n) is 2.01. The second kappa shape index (κ2) is 3.22. The van der Waals surface area contributed by atoms with Crippen molar-refractivity contribution in [1.82, 2.24) is 9.97 Å². The Kier molecular flexibility index (Phi) is 2.17. The Morgan fingerprint density at radius 1 is 1.36 bits per heavy atom. The van der Waals surface area contributed by atoms with Crippen LogP contribution in [0.5, 0.6) is 0 Å². The molecule has 1 aromatic carbocycles. The van der Waals surface area contributed by atoms with Crippen molar-refractivity contribution in [3.8, 4) is 0 Å². The number of H-pyrrole nitrogens is 2. The van der Waals surface area contributed by atoms with Gasteiger partial charge in [-0.05, 0) is 36.8 Å². The molecule has 72 valence electrons. The van der Waals surface area contributed by atoms with E-state index in [0.29, 0.717) is 15.2 Å². The highest BCUT2D eigenvalue weighted by molar-refractivity contribution is 7.71. The molecule has 0 spiro atoms. The molecule has 3 nitrogen and oxygen atoms in total. The molecule has 0 amide bonds. The van der Waals surface area contributed by atoms with Crippen molar-refractivity contribution in [2.24, 2.45) is 0 Å². The molecular weight excluding hydrogens is 220 g/mol. The van der Waals surface area contributed by atoms with E-state index in [1.165, 1.54) is 0 Å². The number of nitrogens with one attached hydrogen (secondary N) is 2. The van der Waals surface area contributed by atoms with E-state index in [-0.39, 0.29) is 5.56 Å². The largest absolute Gasteiger partial charge is 0.332 e. The van der Waals surface area contributed by atoms with Crippen molar-refractivity contribution in [2.75, 3.05) is 0 Å². The van der Waals surface area contributed by atoms with Gasteiger partial charge in [0.15, 0.2) is 4.77 Å². The van der Waals surface area contributed by atoms with Crippen LogP contribution in [0.1, 0.15) is 5.56 Å². The van der Waals surface area contributed by atoms with Gasteiger partial charge in [-0.15, -0.1) is 0 Å². The molecule has 0 aliphatic heterocycles. The SMILES string of the molecule is Cc1cc(Cl)cc2c(=O)[nH]c(=S)[nH]c12. The molecule has 1 aromatic heterocycles. The first-order valence-electron chi connectivity index (χ1n) is 4.00. The average molecular weight is 227 g/mol. The van der Waals surface area contributed by atoms with Gasteiger partial charge in [0.1, 0.15) is 0 Å². The van der Waals surface area contributed by atoms with Gasteiger partial charge in [-0.3, -0.25) is 9.78 Å². The fraction of sp³-hybridized carbons (Fsp3) is 0.111. The molecule has 0 radical (unpaired) electrons. The quantitative estimate of drug-likeness (QED) is 0.679. The number of hydrogen-bond acceptors (Lipinski definition) is 2. The number of aromatic amines is 2. The van der Waals surface area contributed by atoms with Gasteiger partial charge in [-0.2, -0.15) is 0 Å². The first-order chi connectivity index (χ1) is 6.58. The van der Waals surface area contributed by atoms with Gasteiger partial charge in [0.25, 0.3) is 5.56 Å². The first kappa shape index (κ1) is 9.43.